The quantitative estimate of drug-likeness (QED) is 0.344. The Kier molecular flexibility index (Phi) is 6.78. The summed E-state index contributed by atoms with van der Waals surface area (Å²) in [5.74, 6) is 1.70. The summed E-state index contributed by atoms with van der Waals surface area (Å²) in [5.41, 5.74) is 8.17. The minimum absolute atomic E-state index is 0.00218. The number of benzene rings is 3. The van der Waals surface area contributed by atoms with Crippen LogP contribution in [0.15, 0.2) is 100 Å². The van der Waals surface area contributed by atoms with Crippen molar-refractivity contribution in [2.45, 2.75) is 6.04 Å². The lowest BCUT2D eigenvalue weighted by Crippen LogP contribution is -2.40. The van der Waals surface area contributed by atoms with Gasteiger partial charge in [-0.25, -0.2) is 4.99 Å². The molecule has 1 atom stereocenters. The van der Waals surface area contributed by atoms with Crippen molar-refractivity contribution in [3.8, 4) is 11.5 Å². The normalized spacial score (nSPS) is 20.2. The molecule has 6 rings (SSSR count). The van der Waals surface area contributed by atoms with E-state index in [1.807, 2.05) is 36.4 Å². The molecule has 0 fully saturated rings. The smallest absolute Gasteiger partial charge is 0.174 e. The summed E-state index contributed by atoms with van der Waals surface area (Å²) < 4.78 is 10.8. The van der Waals surface area contributed by atoms with Gasteiger partial charge in [-0.1, -0.05) is 59.8 Å². The molecule has 0 amide bonds. The molecule has 5 nitrogen and oxygen atoms in total. The molecule has 0 aromatic heterocycles. The van der Waals surface area contributed by atoms with Gasteiger partial charge in [0.05, 0.1) is 31.7 Å². The first-order valence-corrected chi connectivity index (χ1v) is 13.7. The maximum absolute atomic E-state index is 6.22. The molecule has 0 bridgehead atoms. The molecule has 192 valence electrons. The topological polar surface area (TPSA) is 37.3 Å². The number of halogens is 1. The summed E-state index contributed by atoms with van der Waals surface area (Å²) in [7, 11) is 5.56. The zero-order valence-electron chi connectivity index (χ0n) is 21.5. The third kappa shape index (κ3) is 4.64. The number of thioether (sulfide) groups is 1. The highest BCUT2D eigenvalue weighted by molar-refractivity contribution is 8.16. The maximum atomic E-state index is 6.22. The third-order valence-electron chi connectivity index (χ3n) is 7.05. The number of methoxy groups -OCH3 is 2. The number of likely N-dealkylation sites (N-methyl/N-ethyl adjacent to an activating group) is 1. The van der Waals surface area contributed by atoms with E-state index in [1.54, 1.807) is 26.0 Å². The largest absolute Gasteiger partial charge is 0.497 e. The van der Waals surface area contributed by atoms with Gasteiger partial charge in [0.15, 0.2) is 5.17 Å². The summed E-state index contributed by atoms with van der Waals surface area (Å²) in [6.45, 7) is 1.66. The van der Waals surface area contributed by atoms with Gasteiger partial charge in [0, 0.05) is 23.5 Å². The van der Waals surface area contributed by atoms with Crippen LogP contribution in [0.2, 0.25) is 5.02 Å². The Balaban J connectivity index is 1.48. The van der Waals surface area contributed by atoms with Gasteiger partial charge in [-0.05, 0) is 77.4 Å². The molecule has 3 aromatic rings. The molecule has 0 unspecified atom stereocenters. The van der Waals surface area contributed by atoms with E-state index >= 15 is 0 Å². The SMILES string of the molecule is COc1ccc(/C=C2\CN(C)CC3=C2N=C2SC=C(c4ccc(Cl)cc4)N2[C@@H]3c2ccc(OC)cc2)cc1. The number of rotatable bonds is 5. The van der Waals surface area contributed by atoms with Gasteiger partial charge < -0.3 is 14.4 Å². The predicted molar refractivity (Wildman–Crippen MR) is 158 cm³/mol. The fraction of sp³-hybridized carbons (Fsp3) is 0.194. The lowest BCUT2D eigenvalue weighted by atomic mass is 9.88. The van der Waals surface area contributed by atoms with Crippen molar-refractivity contribution in [2.24, 2.45) is 4.99 Å². The summed E-state index contributed by atoms with van der Waals surface area (Å²) in [4.78, 5) is 10.0. The van der Waals surface area contributed by atoms with E-state index in [0.29, 0.717) is 0 Å². The summed E-state index contributed by atoms with van der Waals surface area (Å²) in [5, 5.41) is 3.92. The molecular formula is C31H28ClN3O2S. The zero-order chi connectivity index (χ0) is 26.2. The van der Waals surface area contributed by atoms with Gasteiger partial charge in [-0.3, -0.25) is 4.90 Å². The lowest BCUT2D eigenvalue weighted by Gasteiger charge is -2.42. The van der Waals surface area contributed by atoms with E-state index < -0.39 is 0 Å². The number of hydrogen-bond acceptors (Lipinski definition) is 6. The summed E-state index contributed by atoms with van der Waals surface area (Å²) in [6, 6.07) is 24.6. The third-order valence-corrected chi connectivity index (χ3v) is 8.15. The number of fused-ring (bicyclic) bond motifs is 1. The standard InChI is InChI=1S/C31H28ClN3O2S/c1-34-17-23(16-20-4-12-25(36-2)13-5-20)29-27(18-34)30(22-8-14-26(37-3)15-9-22)35-28(19-38-31(35)33-29)21-6-10-24(32)11-7-21/h4-16,19,30H,17-18H2,1-3H3/b23-16+/t30-/m1/s1. The van der Waals surface area contributed by atoms with Crippen LogP contribution in [0.4, 0.5) is 0 Å². The second kappa shape index (κ2) is 10.4. The molecular weight excluding hydrogens is 514 g/mol. The number of aliphatic imine (C=N–C) groups is 1. The zero-order valence-corrected chi connectivity index (χ0v) is 23.1. The first kappa shape index (κ1) is 24.9. The minimum Gasteiger partial charge on any atom is -0.497 e. The van der Waals surface area contributed by atoms with Gasteiger partial charge >= 0.3 is 0 Å². The highest BCUT2D eigenvalue weighted by atomic mass is 35.5. The van der Waals surface area contributed by atoms with Crippen molar-refractivity contribution in [2.75, 3.05) is 34.4 Å². The molecule has 3 aromatic carbocycles. The molecule has 38 heavy (non-hydrogen) atoms. The predicted octanol–water partition coefficient (Wildman–Crippen LogP) is 7.10. The average Bonchev–Trinajstić information content (AvgIpc) is 3.36. The monoisotopic (exact) mass is 541 g/mol. The van der Waals surface area contributed by atoms with E-state index in [0.717, 1.165) is 57.3 Å². The Hall–Kier alpha value is -3.45. The fourth-order valence-electron chi connectivity index (χ4n) is 5.24. The number of amidine groups is 1. The van der Waals surface area contributed by atoms with Crippen LogP contribution in [-0.4, -0.2) is 49.3 Å². The van der Waals surface area contributed by atoms with Crippen LogP contribution >= 0.6 is 23.4 Å². The Morgan fingerprint density at radius 1 is 0.895 bits per heavy atom. The van der Waals surface area contributed by atoms with Crippen molar-refractivity contribution < 1.29 is 9.47 Å². The minimum atomic E-state index is 0.00218. The van der Waals surface area contributed by atoms with Crippen LogP contribution in [0.5, 0.6) is 11.5 Å². The van der Waals surface area contributed by atoms with E-state index in [2.05, 4.69) is 64.7 Å². The first-order valence-electron chi connectivity index (χ1n) is 12.5. The molecule has 0 saturated heterocycles. The Bertz CT molecular complexity index is 1480. The molecule has 0 saturated carbocycles. The summed E-state index contributed by atoms with van der Waals surface area (Å²) in [6.07, 6.45) is 2.25. The molecule has 0 spiro atoms. The van der Waals surface area contributed by atoms with Crippen LogP contribution in [0, 0.1) is 0 Å². The Labute approximate surface area is 232 Å². The summed E-state index contributed by atoms with van der Waals surface area (Å²) >= 11 is 7.89. The molecule has 0 radical (unpaired) electrons. The Morgan fingerprint density at radius 3 is 2.21 bits per heavy atom. The van der Waals surface area contributed by atoms with Gasteiger partial charge in [-0.15, -0.1) is 0 Å². The fourth-order valence-corrected chi connectivity index (χ4v) is 6.29. The van der Waals surface area contributed by atoms with E-state index in [4.69, 9.17) is 26.1 Å². The second-order valence-electron chi connectivity index (χ2n) is 9.56. The molecule has 3 aliphatic heterocycles. The molecule has 7 heteroatoms. The molecule has 0 N–H and O–H groups in total. The van der Waals surface area contributed by atoms with Crippen molar-refractivity contribution in [1.82, 2.24) is 9.80 Å². The highest BCUT2D eigenvalue weighted by Crippen LogP contribution is 2.49. The highest BCUT2D eigenvalue weighted by Gasteiger charge is 2.41. The van der Waals surface area contributed by atoms with E-state index in [9.17, 15) is 0 Å². The molecule has 3 aliphatic rings. The van der Waals surface area contributed by atoms with Gasteiger partial charge in [0.1, 0.15) is 11.5 Å². The van der Waals surface area contributed by atoms with Crippen LogP contribution in [0.3, 0.4) is 0 Å². The number of ether oxygens (including phenoxy) is 2. The average molecular weight is 542 g/mol. The van der Waals surface area contributed by atoms with E-state index in [1.165, 1.54) is 16.7 Å². The van der Waals surface area contributed by atoms with Crippen LogP contribution in [0.1, 0.15) is 22.7 Å². The molecule has 3 heterocycles. The van der Waals surface area contributed by atoms with Gasteiger partial charge in [0.25, 0.3) is 0 Å². The van der Waals surface area contributed by atoms with Crippen LogP contribution in [0.25, 0.3) is 11.8 Å². The molecule has 0 aliphatic carbocycles. The van der Waals surface area contributed by atoms with Crippen LogP contribution < -0.4 is 9.47 Å². The van der Waals surface area contributed by atoms with Gasteiger partial charge in [0.2, 0.25) is 0 Å². The number of nitrogens with zero attached hydrogens (tertiary/aromatic N) is 3. The van der Waals surface area contributed by atoms with Gasteiger partial charge in [-0.2, -0.15) is 0 Å². The maximum Gasteiger partial charge on any atom is 0.174 e. The van der Waals surface area contributed by atoms with Crippen LogP contribution in [-0.2, 0) is 0 Å². The van der Waals surface area contributed by atoms with Crippen molar-refractivity contribution in [3.05, 3.63) is 117 Å². The number of hydrogen-bond donors (Lipinski definition) is 0. The second-order valence-corrected chi connectivity index (χ2v) is 10.8. The Morgan fingerprint density at radius 2 is 1.55 bits per heavy atom. The van der Waals surface area contributed by atoms with Crippen molar-refractivity contribution in [3.63, 3.8) is 0 Å². The van der Waals surface area contributed by atoms with E-state index in [-0.39, 0.29) is 6.04 Å². The van der Waals surface area contributed by atoms with Crippen molar-refractivity contribution >= 4 is 40.3 Å². The van der Waals surface area contributed by atoms with Crippen molar-refractivity contribution in [1.29, 1.82) is 0 Å². The first-order chi connectivity index (χ1) is 18.5. The lowest BCUT2D eigenvalue weighted by molar-refractivity contribution is 0.344.